The summed E-state index contributed by atoms with van der Waals surface area (Å²) in [5, 5.41) is 0.0813. The van der Waals surface area contributed by atoms with E-state index in [9.17, 15) is 4.39 Å². The van der Waals surface area contributed by atoms with E-state index >= 15 is 0 Å². The summed E-state index contributed by atoms with van der Waals surface area (Å²) in [7, 11) is 0. The number of aryl methyl sites for hydroxylation is 2. The number of hydrogen-bond acceptors (Lipinski definition) is 2. The number of rotatable bonds is 4. The molecule has 3 aromatic rings. The van der Waals surface area contributed by atoms with Crippen molar-refractivity contribution in [1.29, 1.82) is 0 Å². The van der Waals surface area contributed by atoms with Crippen LogP contribution < -0.4 is 0 Å². The van der Waals surface area contributed by atoms with Gasteiger partial charge in [-0.25, -0.2) is 9.37 Å². The number of hydrogen-bond donors (Lipinski definition) is 0. The Morgan fingerprint density at radius 1 is 1.35 bits per heavy atom. The zero-order chi connectivity index (χ0) is 14.1. The van der Waals surface area contributed by atoms with E-state index in [4.69, 9.17) is 27.6 Å². The number of imidazole rings is 1. The number of nitrogens with zero attached hydrogens (tertiary/aromatic N) is 2. The quantitative estimate of drug-likeness (QED) is 0.668. The molecule has 0 radical (unpaired) electrons. The van der Waals surface area contributed by atoms with Crippen LogP contribution in [0.25, 0.3) is 11.0 Å². The predicted molar refractivity (Wildman–Crippen MR) is 76.7 cm³/mol. The van der Waals surface area contributed by atoms with Gasteiger partial charge in [-0.1, -0.05) is 11.6 Å². The van der Waals surface area contributed by atoms with Crippen molar-refractivity contribution in [2.24, 2.45) is 0 Å². The molecule has 0 unspecified atom stereocenters. The average Bonchev–Trinajstić information content (AvgIpc) is 3.05. The highest BCUT2D eigenvalue weighted by Gasteiger charge is 2.13. The van der Waals surface area contributed by atoms with Gasteiger partial charge in [0.2, 0.25) is 0 Å². The summed E-state index contributed by atoms with van der Waals surface area (Å²) >= 11 is 11.8. The van der Waals surface area contributed by atoms with Crippen LogP contribution in [0.15, 0.2) is 34.9 Å². The van der Waals surface area contributed by atoms with Gasteiger partial charge in [0.25, 0.3) is 0 Å². The summed E-state index contributed by atoms with van der Waals surface area (Å²) in [6.07, 6.45) is 2.34. The van der Waals surface area contributed by atoms with E-state index in [-0.39, 0.29) is 10.9 Å². The molecule has 104 valence electrons. The predicted octanol–water partition coefficient (Wildman–Crippen LogP) is 4.40. The maximum atomic E-state index is 13.5. The normalized spacial score (nSPS) is 11.3. The highest BCUT2D eigenvalue weighted by molar-refractivity contribution is 6.31. The number of benzene rings is 1. The monoisotopic (exact) mass is 312 g/mol. The van der Waals surface area contributed by atoms with Gasteiger partial charge in [0, 0.05) is 19.0 Å². The fraction of sp³-hybridized carbons (Fsp3) is 0.214. The molecule has 0 aliphatic carbocycles. The molecule has 0 saturated heterocycles. The topological polar surface area (TPSA) is 31.0 Å². The van der Waals surface area contributed by atoms with Crippen molar-refractivity contribution in [2.75, 3.05) is 0 Å². The van der Waals surface area contributed by atoms with Gasteiger partial charge >= 0.3 is 0 Å². The molecular weight excluding hydrogens is 302 g/mol. The van der Waals surface area contributed by atoms with Crippen LogP contribution >= 0.6 is 23.2 Å². The first-order valence-corrected chi connectivity index (χ1v) is 7.03. The Kier molecular flexibility index (Phi) is 3.68. The van der Waals surface area contributed by atoms with E-state index in [1.165, 1.54) is 6.07 Å². The smallest absolute Gasteiger partial charge is 0.144 e. The summed E-state index contributed by atoms with van der Waals surface area (Å²) in [5.74, 6) is 1.35. The van der Waals surface area contributed by atoms with Crippen molar-refractivity contribution in [3.8, 4) is 0 Å². The van der Waals surface area contributed by atoms with E-state index in [1.54, 1.807) is 12.3 Å². The van der Waals surface area contributed by atoms with Gasteiger partial charge in [0.15, 0.2) is 0 Å². The number of fused-ring (bicyclic) bond motifs is 1. The number of halogens is 3. The molecule has 0 spiro atoms. The van der Waals surface area contributed by atoms with Crippen LogP contribution in [0.2, 0.25) is 5.02 Å². The first-order chi connectivity index (χ1) is 9.69. The molecule has 2 heterocycles. The molecule has 0 N–H and O–H groups in total. The molecule has 20 heavy (non-hydrogen) atoms. The summed E-state index contributed by atoms with van der Waals surface area (Å²) < 4.78 is 20.7. The Labute approximate surface area is 124 Å². The molecule has 0 aliphatic heterocycles. The van der Waals surface area contributed by atoms with Crippen molar-refractivity contribution in [1.82, 2.24) is 9.55 Å². The number of furan rings is 1. The second-order valence-electron chi connectivity index (χ2n) is 4.40. The minimum Gasteiger partial charge on any atom is -0.469 e. The van der Waals surface area contributed by atoms with Crippen LogP contribution in [0.5, 0.6) is 0 Å². The third kappa shape index (κ3) is 2.41. The van der Waals surface area contributed by atoms with Crippen LogP contribution in [0, 0.1) is 5.82 Å². The highest BCUT2D eigenvalue weighted by atomic mass is 35.5. The van der Waals surface area contributed by atoms with Crippen LogP contribution in [0.1, 0.15) is 11.6 Å². The van der Waals surface area contributed by atoms with E-state index in [0.29, 0.717) is 24.3 Å². The Morgan fingerprint density at radius 2 is 2.20 bits per heavy atom. The van der Waals surface area contributed by atoms with Crippen molar-refractivity contribution in [3.63, 3.8) is 0 Å². The molecule has 0 amide bonds. The van der Waals surface area contributed by atoms with Crippen LogP contribution in [-0.2, 0) is 18.8 Å². The van der Waals surface area contributed by atoms with Crippen LogP contribution in [0.3, 0.4) is 0 Å². The maximum Gasteiger partial charge on any atom is 0.144 e. The highest BCUT2D eigenvalue weighted by Crippen LogP contribution is 2.25. The lowest BCUT2D eigenvalue weighted by molar-refractivity contribution is 0.491. The maximum absolute atomic E-state index is 13.5. The second-order valence-corrected chi connectivity index (χ2v) is 5.07. The van der Waals surface area contributed by atoms with Crippen molar-refractivity contribution >= 4 is 34.2 Å². The molecule has 2 aromatic heterocycles. The number of aromatic nitrogens is 2. The summed E-state index contributed by atoms with van der Waals surface area (Å²) in [6.45, 7) is 0.647. The van der Waals surface area contributed by atoms with Crippen molar-refractivity contribution < 1.29 is 8.81 Å². The van der Waals surface area contributed by atoms with Gasteiger partial charge in [-0.15, -0.1) is 11.6 Å². The van der Waals surface area contributed by atoms with Crippen molar-refractivity contribution in [3.05, 3.63) is 53.0 Å². The van der Waals surface area contributed by atoms with Crippen LogP contribution in [-0.4, -0.2) is 9.55 Å². The Balaban J connectivity index is 2.01. The SMILES string of the molecule is Fc1cc2nc(CCl)n(CCc3ccco3)c2cc1Cl. The molecule has 0 atom stereocenters. The first kappa shape index (κ1) is 13.5. The molecule has 0 bridgehead atoms. The summed E-state index contributed by atoms with van der Waals surface area (Å²) in [4.78, 5) is 4.33. The van der Waals surface area contributed by atoms with Gasteiger partial charge in [-0.3, -0.25) is 0 Å². The van der Waals surface area contributed by atoms with Gasteiger partial charge in [0.1, 0.15) is 17.4 Å². The van der Waals surface area contributed by atoms with Gasteiger partial charge in [-0.05, 0) is 18.2 Å². The Hall–Kier alpha value is -1.52. The molecule has 6 heteroatoms. The largest absolute Gasteiger partial charge is 0.469 e. The molecule has 3 nitrogen and oxygen atoms in total. The minimum atomic E-state index is -0.476. The van der Waals surface area contributed by atoms with Gasteiger partial charge in [-0.2, -0.15) is 0 Å². The first-order valence-electron chi connectivity index (χ1n) is 6.11. The van der Waals surface area contributed by atoms with E-state index in [2.05, 4.69) is 4.98 Å². The average molecular weight is 313 g/mol. The number of alkyl halides is 1. The molecule has 3 rings (SSSR count). The molecule has 0 aliphatic rings. The zero-order valence-corrected chi connectivity index (χ0v) is 12.0. The summed E-state index contributed by atoms with van der Waals surface area (Å²) in [5.41, 5.74) is 1.33. The molecule has 1 aromatic carbocycles. The van der Waals surface area contributed by atoms with Crippen molar-refractivity contribution in [2.45, 2.75) is 18.8 Å². The van der Waals surface area contributed by atoms with E-state index in [0.717, 1.165) is 11.3 Å². The third-order valence-electron chi connectivity index (χ3n) is 3.15. The standard InChI is InChI=1S/C14H11Cl2FN2O/c15-8-14-18-12-7-11(17)10(16)6-13(12)19(14)4-3-9-2-1-5-20-9/h1-2,5-7H,3-4,8H2. The van der Waals surface area contributed by atoms with Gasteiger partial charge < -0.3 is 8.98 Å². The second kappa shape index (κ2) is 5.46. The molecule has 0 fully saturated rings. The fourth-order valence-corrected chi connectivity index (χ4v) is 2.56. The zero-order valence-electron chi connectivity index (χ0n) is 10.4. The van der Waals surface area contributed by atoms with Gasteiger partial charge in [0.05, 0.1) is 28.2 Å². The third-order valence-corrected chi connectivity index (χ3v) is 3.68. The van der Waals surface area contributed by atoms with E-state index in [1.807, 2.05) is 16.7 Å². The minimum absolute atomic E-state index is 0.0813. The lowest BCUT2D eigenvalue weighted by atomic mass is 10.3. The molecular formula is C14H11Cl2FN2O. The lowest BCUT2D eigenvalue weighted by Gasteiger charge is -2.06. The summed E-state index contributed by atoms with van der Waals surface area (Å²) in [6, 6.07) is 6.66. The Bertz CT molecular complexity index is 737. The van der Waals surface area contributed by atoms with E-state index < -0.39 is 5.82 Å². The Morgan fingerprint density at radius 3 is 2.90 bits per heavy atom. The fourth-order valence-electron chi connectivity index (χ4n) is 2.20. The molecule has 0 saturated carbocycles. The lowest BCUT2D eigenvalue weighted by Crippen LogP contribution is -2.04. The van der Waals surface area contributed by atoms with Crippen LogP contribution in [0.4, 0.5) is 4.39 Å².